The van der Waals surface area contributed by atoms with E-state index in [1.54, 1.807) is 0 Å². The SMILES string of the molecule is C=CCO[C@@H]1O[C@H](CO)[C@@H](O[13C@@H]2O[C@H](CO)[C@H](O)[C@H](O[C@]3(C(=O)O)C[C@H](O)[C@@H](NC(C)=O)[C@H]([C@H](O)[C@H](O)CO)O3)[C@H]2O)[C@H](O)[C@H]1NC(C)=O. The van der Waals surface area contributed by atoms with Gasteiger partial charge in [-0.3, -0.25) is 9.59 Å². The maximum absolute atomic E-state index is 12.7. The Balaban J connectivity index is 1.96. The first kappa shape index (κ1) is 41.0. The average Bonchev–Trinajstić information content (AvgIpc) is 3.05. The van der Waals surface area contributed by atoms with Crippen molar-refractivity contribution < 1.29 is 93.9 Å². The summed E-state index contributed by atoms with van der Waals surface area (Å²) in [6.07, 6.45) is -23.5. The topological polar surface area (TPSA) is 333 Å². The Kier molecular flexibility index (Phi) is 14.8. The van der Waals surface area contributed by atoms with Crippen molar-refractivity contribution in [3.63, 3.8) is 0 Å². The molecule has 3 heterocycles. The Morgan fingerprint density at radius 2 is 1.49 bits per heavy atom. The van der Waals surface area contributed by atoms with E-state index in [0.717, 1.165) is 13.8 Å². The molecule has 0 aliphatic carbocycles. The van der Waals surface area contributed by atoms with Crippen LogP contribution in [0.15, 0.2) is 12.7 Å². The summed E-state index contributed by atoms with van der Waals surface area (Å²) < 4.78 is 33.6. The molecule has 0 spiro atoms. The smallest absolute Gasteiger partial charge is 0.364 e. The van der Waals surface area contributed by atoms with Crippen molar-refractivity contribution >= 4 is 17.8 Å². The predicted octanol–water partition coefficient (Wildman–Crippen LogP) is -6.87. The molecular weight excluding hydrogens is 669 g/mol. The molecule has 0 saturated carbocycles. The number of aliphatic carboxylic acids is 1. The van der Waals surface area contributed by atoms with Crippen LogP contribution in [0.25, 0.3) is 0 Å². The number of hydrogen-bond acceptors (Lipinski definition) is 18. The van der Waals surface area contributed by atoms with Gasteiger partial charge in [-0.15, -0.1) is 6.58 Å². The lowest BCUT2D eigenvalue weighted by molar-refractivity contribution is -0.382. The van der Waals surface area contributed by atoms with Gasteiger partial charge in [-0.1, -0.05) is 6.08 Å². The minimum Gasteiger partial charge on any atom is -0.477 e. The Morgan fingerprint density at radius 3 is 2.02 bits per heavy atom. The number of hydrogen-bond donors (Lipinski definition) is 12. The summed E-state index contributed by atoms with van der Waals surface area (Å²) in [5.74, 6) is -6.36. The van der Waals surface area contributed by atoms with Crippen LogP contribution in [0.5, 0.6) is 0 Å². The zero-order valence-corrected chi connectivity index (χ0v) is 26.6. The molecule has 3 fully saturated rings. The molecule has 16 atom stereocenters. The van der Waals surface area contributed by atoms with Crippen LogP contribution in [0.3, 0.4) is 0 Å². The van der Waals surface area contributed by atoms with Crippen molar-refractivity contribution in [3.8, 4) is 0 Å². The van der Waals surface area contributed by atoms with E-state index in [2.05, 4.69) is 17.2 Å². The summed E-state index contributed by atoms with van der Waals surface area (Å²) in [5.41, 5.74) is 0. The number of aliphatic hydroxyl groups is 9. The molecule has 21 nitrogen and oxygen atoms in total. The Hall–Kier alpha value is -2.45. The Morgan fingerprint density at radius 1 is 0.898 bits per heavy atom. The zero-order chi connectivity index (χ0) is 36.8. The number of carbonyl (C=O) groups is 3. The van der Waals surface area contributed by atoms with Crippen LogP contribution in [0.1, 0.15) is 20.3 Å². The summed E-state index contributed by atoms with van der Waals surface area (Å²) in [6.45, 7) is 2.79. The van der Waals surface area contributed by atoms with Gasteiger partial charge in [0, 0.05) is 20.3 Å². The van der Waals surface area contributed by atoms with E-state index in [-0.39, 0.29) is 6.61 Å². The van der Waals surface area contributed by atoms with Gasteiger partial charge in [0.2, 0.25) is 11.8 Å². The molecular formula is C28H46N2O19. The van der Waals surface area contributed by atoms with E-state index in [1.807, 2.05) is 0 Å². The van der Waals surface area contributed by atoms with Crippen LogP contribution >= 0.6 is 0 Å². The Bertz CT molecular complexity index is 1130. The normalized spacial score (nSPS) is 40.9. The molecule has 0 aromatic heterocycles. The van der Waals surface area contributed by atoms with Gasteiger partial charge in [0.05, 0.1) is 38.6 Å². The second kappa shape index (κ2) is 17.7. The maximum atomic E-state index is 12.7. The zero-order valence-electron chi connectivity index (χ0n) is 26.6. The van der Waals surface area contributed by atoms with Crippen LogP contribution < -0.4 is 10.6 Å². The second-order valence-corrected chi connectivity index (χ2v) is 11.8. The number of carbonyl (C=O) groups excluding carboxylic acids is 2. The first-order valence-electron chi connectivity index (χ1n) is 15.3. The molecule has 49 heavy (non-hydrogen) atoms. The fourth-order valence-corrected chi connectivity index (χ4v) is 5.86. The third-order valence-corrected chi connectivity index (χ3v) is 8.23. The molecule has 21 heteroatoms. The maximum Gasteiger partial charge on any atom is 0.364 e. The van der Waals surface area contributed by atoms with E-state index in [4.69, 9.17) is 28.4 Å². The van der Waals surface area contributed by atoms with Gasteiger partial charge in [-0.05, 0) is 0 Å². The third kappa shape index (κ3) is 9.27. The molecule has 3 rings (SSSR count). The van der Waals surface area contributed by atoms with E-state index in [9.17, 15) is 65.4 Å². The molecule has 0 radical (unpaired) electrons. The Labute approximate surface area is 279 Å². The van der Waals surface area contributed by atoms with E-state index < -0.39 is 142 Å². The summed E-state index contributed by atoms with van der Waals surface area (Å²) in [5, 5.41) is 110. The van der Waals surface area contributed by atoms with Gasteiger partial charge < -0.3 is 90.1 Å². The van der Waals surface area contributed by atoms with Gasteiger partial charge >= 0.3 is 5.97 Å². The largest absolute Gasteiger partial charge is 0.477 e. The summed E-state index contributed by atoms with van der Waals surface area (Å²) in [7, 11) is 0. The number of carboxylic acids is 1. The summed E-state index contributed by atoms with van der Waals surface area (Å²) >= 11 is 0. The standard InChI is InChI=1S/C28H46N2O19/c1-4-5-44-25-17(30-11(3)35)20(40)22(15(9-33)46-25)47-26-21(41)24(19(39)14(8-32)45-26)49-28(27(42)43)6-12(36)16(29-10(2)34)23(48-28)18(38)13(37)7-31/h4,12-26,31-33,36-41H,1,5-9H2,2-3H3,(H,29,34)(H,30,35)(H,42,43)/t12-,13+,14+,15+,16+,17+,18+,19-,20+,21+,22+,23+,24-,25+,26-,28-/m0/s1/i26+1. The molecule has 0 bridgehead atoms. The van der Waals surface area contributed by atoms with Crippen molar-refractivity contribution in [3.05, 3.63) is 12.7 Å². The molecule has 0 aromatic carbocycles. The van der Waals surface area contributed by atoms with Crippen molar-refractivity contribution in [2.45, 2.75) is 118 Å². The van der Waals surface area contributed by atoms with Crippen LogP contribution in [-0.4, -0.2) is 193 Å². The first-order chi connectivity index (χ1) is 23.0. The van der Waals surface area contributed by atoms with Crippen LogP contribution in [0.2, 0.25) is 0 Å². The predicted molar refractivity (Wildman–Crippen MR) is 156 cm³/mol. The van der Waals surface area contributed by atoms with Crippen molar-refractivity contribution in [2.24, 2.45) is 0 Å². The fourth-order valence-electron chi connectivity index (χ4n) is 5.86. The quantitative estimate of drug-likeness (QED) is 0.0553. The van der Waals surface area contributed by atoms with Crippen molar-refractivity contribution in [1.29, 1.82) is 0 Å². The highest BCUT2D eigenvalue weighted by Gasteiger charge is 2.60. The number of ether oxygens (including phenoxy) is 6. The minimum absolute atomic E-state index is 0.0822. The molecule has 0 aromatic rings. The third-order valence-electron chi connectivity index (χ3n) is 8.23. The molecule has 3 aliphatic heterocycles. The van der Waals surface area contributed by atoms with Crippen molar-refractivity contribution in [1.82, 2.24) is 10.6 Å². The van der Waals surface area contributed by atoms with E-state index in [0.29, 0.717) is 0 Å². The molecule has 12 N–H and O–H groups in total. The number of nitrogens with one attached hydrogen (secondary N) is 2. The van der Waals surface area contributed by atoms with Crippen LogP contribution in [0, 0.1) is 0 Å². The average molecular weight is 716 g/mol. The first-order valence-corrected chi connectivity index (χ1v) is 15.3. The van der Waals surface area contributed by atoms with Gasteiger partial charge in [0.25, 0.3) is 5.79 Å². The van der Waals surface area contributed by atoms with Gasteiger partial charge in [-0.25, -0.2) is 4.79 Å². The lowest BCUT2D eigenvalue weighted by Gasteiger charge is -2.51. The van der Waals surface area contributed by atoms with Crippen LogP contribution in [0.4, 0.5) is 0 Å². The number of rotatable bonds is 15. The van der Waals surface area contributed by atoms with Gasteiger partial charge in [-0.2, -0.15) is 0 Å². The molecule has 0 unspecified atom stereocenters. The summed E-state index contributed by atoms with van der Waals surface area (Å²) in [4.78, 5) is 36.4. The molecule has 3 aliphatic rings. The highest BCUT2D eigenvalue weighted by atomic mass is 16.8. The monoisotopic (exact) mass is 715 g/mol. The van der Waals surface area contributed by atoms with Crippen LogP contribution in [-0.2, 0) is 42.8 Å². The van der Waals surface area contributed by atoms with Gasteiger partial charge in [0.1, 0.15) is 67.1 Å². The number of aliphatic hydroxyl groups excluding tert-OH is 9. The van der Waals surface area contributed by atoms with E-state index in [1.165, 1.54) is 6.08 Å². The highest BCUT2D eigenvalue weighted by molar-refractivity contribution is 5.76. The summed E-state index contributed by atoms with van der Waals surface area (Å²) in [6, 6.07) is -2.85. The number of amides is 2. The number of carboxylic acid groups (broad SMARTS) is 1. The lowest BCUT2D eigenvalue weighted by Crippen LogP contribution is -2.71. The lowest BCUT2D eigenvalue weighted by atomic mass is 9.88. The fraction of sp³-hybridized carbons (Fsp3) is 0.821. The van der Waals surface area contributed by atoms with Gasteiger partial charge in [0.15, 0.2) is 12.6 Å². The molecule has 2 amide bonds. The highest BCUT2D eigenvalue weighted by Crippen LogP contribution is 2.38. The van der Waals surface area contributed by atoms with E-state index >= 15 is 0 Å². The molecule has 3 saturated heterocycles. The second-order valence-electron chi connectivity index (χ2n) is 11.8. The van der Waals surface area contributed by atoms with Crippen molar-refractivity contribution in [2.75, 3.05) is 26.4 Å². The minimum atomic E-state index is -3.03. The molecule has 282 valence electrons.